The van der Waals surface area contributed by atoms with E-state index in [4.69, 9.17) is 11.6 Å². The quantitative estimate of drug-likeness (QED) is 0.761. The van der Waals surface area contributed by atoms with Gasteiger partial charge in [-0.05, 0) is 42.7 Å². The maximum atomic E-state index is 11.7. The molecule has 0 bridgehead atoms. The molecule has 0 amide bonds. The summed E-state index contributed by atoms with van der Waals surface area (Å²) in [7, 11) is -3.28. The highest BCUT2D eigenvalue weighted by atomic mass is 35.5. The maximum Gasteiger partial charge on any atom is 0.232 e. The second-order valence-electron chi connectivity index (χ2n) is 5.16. The third-order valence-electron chi connectivity index (χ3n) is 3.12. The van der Waals surface area contributed by atoms with Crippen LogP contribution in [0.25, 0.3) is 0 Å². The van der Waals surface area contributed by atoms with Gasteiger partial charge in [-0.15, -0.1) is 0 Å². The molecule has 0 aliphatic carbocycles. The highest BCUT2D eigenvalue weighted by Crippen LogP contribution is 2.13. The van der Waals surface area contributed by atoms with Gasteiger partial charge in [0.2, 0.25) is 10.0 Å². The molecule has 0 atom stereocenters. The van der Waals surface area contributed by atoms with Crippen LogP contribution in [0.2, 0.25) is 5.02 Å². The lowest BCUT2D eigenvalue weighted by Crippen LogP contribution is -2.16. The molecule has 0 saturated carbocycles. The van der Waals surface area contributed by atoms with Crippen LogP contribution in [0, 0.1) is 0 Å². The molecule has 0 fully saturated rings. The lowest BCUT2D eigenvalue weighted by atomic mass is 10.1. The maximum absolute atomic E-state index is 11.7. The predicted octanol–water partition coefficient (Wildman–Crippen LogP) is 3.54. The summed E-state index contributed by atoms with van der Waals surface area (Å²) >= 11 is 5.94. The molecule has 0 spiro atoms. The molecular weight excluding hydrogens is 334 g/mol. The zero-order valence-corrected chi connectivity index (χ0v) is 14.5. The zero-order chi connectivity index (χ0) is 16.7. The zero-order valence-electron chi connectivity index (χ0n) is 12.9. The summed E-state index contributed by atoms with van der Waals surface area (Å²) in [5.74, 6) is 0.803. The number of anilines is 2. The van der Waals surface area contributed by atoms with Gasteiger partial charge in [-0.25, -0.2) is 13.4 Å². The van der Waals surface area contributed by atoms with Crippen LogP contribution in [0.5, 0.6) is 0 Å². The fourth-order valence-electron chi connectivity index (χ4n) is 2.09. The number of aromatic nitrogens is 1. The van der Waals surface area contributed by atoms with Crippen LogP contribution in [-0.4, -0.2) is 25.7 Å². The van der Waals surface area contributed by atoms with E-state index in [-0.39, 0.29) is 5.75 Å². The molecule has 1 aromatic heterocycles. The first-order valence-corrected chi connectivity index (χ1v) is 9.46. The summed E-state index contributed by atoms with van der Waals surface area (Å²) in [6.07, 6.45) is 2.91. The van der Waals surface area contributed by atoms with Crippen molar-refractivity contribution < 1.29 is 8.42 Å². The Labute approximate surface area is 142 Å². The van der Waals surface area contributed by atoms with Crippen LogP contribution < -0.4 is 10.0 Å². The third kappa shape index (κ3) is 6.08. The van der Waals surface area contributed by atoms with E-state index >= 15 is 0 Å². The Hall–Kier alpha value is -1.79. The second-order valence-corrected chi connectivity index (χ2v) is 7.44. The summed E-state index contributed by atoms with van der Waals surface area (Å²) in [6, 6.07) is 11.2. The number of hydrogen-bond acceptors (Lipinski definition) is 4. The van der Waals surface area contributed by atoms with E-state index in [1.165, 1.54) is 6.20 Å². The largest absolute Gasteiger partial charge is 0.370 e. The van der Waals surface area contributed by atoms with Crippen LogP contribution in [0.15, 0.2) is 42.6 Å². The van der Waals surface area contributed by atoms with Crippen LogP contribution >= 0.6 is 11.6 Å². The van der Waals surface area contributed by atoms with Crippen LogP contribution in [0.1, 0.15) is 18.9 Å². The lowest BCUT2D eigenvalue weighted by Gasteiger charge is -2.09. The van der Waals surface area contributed by atoms with E-state index < -0.39 is 10.0 Å². The summed E-state index contributed by atoms with van der Waals surface area (Å²) in [5.41, 5.74) is 1.62. The number of nitrogens with one attached hydrogen (secondary N) is 2. The summed E-state index contributed by atoms with van der Waals surface area (Å²) in [6.45, 7) is 2.54. The first-order valence-electron chi connectivity index (χ1n) is 7.43. The van der Waals surface area contributed by atoms with Crippen molar-refractivity contribution in [2.24, 2.45) is 0 Å². The van der Waals surface area contributed by atoms with E-state index in [2.05, 4.69) is 15.0 Å². The van der Waals surface area contributed by atoms with Gasteiger partial charge in [0.1, 0.15) is 5.82 Å². The monoisotopic (exact) mass is 353 g/mol. The molecule has 0 radical (unpaired) electrons. The van der Waals surface area contributed by atoms with Crippen molar-refractivity contribution in [2.75, 3.05) is 22.3 Å². The standard InChI is InChI=1S/C16H20ClN3O2S/c1-2-10-23(21,22)20-15-6-7-16(19-12-15)18-9-8-13-4-3-5-14(17)11-13/h3-7,11-12,20H,2,8-10H2,1H3,(H,18,19). The normalized spacial score (nSPS) is 11.2. The highest BCUT2D eigenvalue weighted by molar-refractivity contribution is 7.92. The Bertz CT molecular complexity index is 733. The lowest BCUT2D eigenvalue weighted by molar-refractivity contribution is 0.600. The highest BCUT2D eigenvalue weighted by Gasteiger charge is 2.08. The molecule has 7 heteroatoms. The molecule has 0 saturated heterocycles. The third-order valence-corrected chi connectivity index (χ3v) is 4.85. The minimum absolute atomic E-state index is 0.104. The van der Waals surface area contributed by atoms with Crippen molar-refractivity contribution in [3.63, 3.8) is 0 Å². The average molecular weight is 354 g/mol. The van der Waals surface area contributed by atoms with Gasteiger partial charge in [0, 0.05) is 11.6 Å². The van der Waals surface area contributed by atoms with E-state index in [1.54, 1.807) is 12.1 Å². The molecule has 0 aliphatic heterocycles. The Morgan fingerprint density at radius 3 is 2.70 bits per heavy atom. The van der Waals surface area contributed by atoms with Crippen LogP contribution in [-0.2, 0) is 16.4 Å². The molecule has 2 aromatic rings. The van der Waals surface area contributed by atoms with Gasteiger partial charge in [-0.2, -0.15) is 0 Å². The van der Waals surface area contributed by atoms with Crippen molar-refractivity contribution in [3.05, 3.63) is 53.2 Å². The predicted molar refractivity (Wildman–Crippen MR) is 95.6 cm³/mol. The van der Waals surface area contributed by atoms with Gasteiger partial charge in [-0.3, -0.25) is 4.72 Å². The Morgan fingerprint density at radius 1 is 1.22 bits per heavy atom. The first-order chi connectivity index (χ1) is 11.0. The number of sulfonamides is 1. The minimum atomic E-state index is -3.28. The average Bonchev–Trinajstić information content (AvgIpc) is 2.49. The molecule has 5 nitrogen and oxygen atoms in total. The van der Waals surface area contributed by atoms with Gasteiger partial charge in [-0.1, -0.05) is 30.7 Å². The van der Waals surface area contributed by atoms with Crippen molar-refractivity contribution in [3.8, 4) is 0 Å². The summed E-state index contributed by atoms with van der Waals surface area (Å²) in [5, 5.41) is 3.92. The fraction of sp³-hybridized carbons (Fsp3) is 0.312. The Morgan fingerprint density at radius 2 is 2.04 bits per heavy atom. The minimum Gasteiger partial charge on any atom is -0.370 e. The van der Waals surface area contributed by atoms with E-state index in [0.29, 0.717) is 24.5 Å². The van der Waals surface area contributed by atoms with Crippen molar-refractivity contribution in [2.45, 2.75) is 19.8 Å². The van der Waals surface area contributed by atoms with Crippen molar-refractivity contribution >= 4 is 33.1 Å². The SMILES string of the molecule is CCCS(=O)(=O)Nc1ccc(NCCc2cccc(Cl)c2)nc1. The van der Waals surface area contributed by atoms with Gasteiger partial charge in [0.15, 0.2) is 0 Å². The molecule has 23 heavy (non-hydrogen) atoms. The number of halogens is 1. The number of nitrogens with zero attached hydrogens (tertiary/aromatic N) is 1. The Kier molecular flexibility index (Phi) is 6.24. The molecule has 2 N–H and O–H groups in total. The number of rotatable bonds is 8. The Balaban J connectivity index is 1.85. The number of pyridine rings is 1. The first kappa shape index (κ1) is 17.6. The molecule has 1 aromatic carbocycles. The van der Waals surface area contributed by atoms with Crippen LogP contribution in [0.4, 0.5) is 11.5 Å². The van der Waals surface area contributed by atoms with Crippen molar-refractivity contribution in [1.29, 1.82) is 0 Å². The number of hydrogen-bond donors (Lipinski definition) is 2. The topological polar surface area (TPSA) is 71.1 Å². The van der Waals surface area contributed by atoms with Gasteiger partial charge in [0.25, 0.3) is 0 Å². The molecule has 0 unspecified atom stereocenters. The van der Waals surface area contributed by atoms with E-state index in [9.17, 15) is 8.42 Å². The fourth-order valence-corrected chi connectivity index (χ4v) is 3.42. The van der Waals surface area contributed by atoms with Crippen molar-refractivity contribution in [1.82, 2.24) is 4.98 Å². The van der Waals surface area contributed by atoms with Gasteiger partial charge >= 0.3 is 0 Å². The van der Waals surface area contributed by atoms with Crippen LogP contribution in [0.3, 0.4) is 0 Å². The molecule has 1 heterocycles. The molecule has 0 aliphatic rings. The number of benzene rings is 1. The summed E-state index contributed by atoms with van der Waals surface area (Å²) in [4.78, 5) is 4.21. The second kappa shape index (κ2) is 8.17. The smallest absolute Gasteiger partial charge is 0.232 e. The van der Waals surface area contributed by atoms with Gasteiger partial charge < -0.3 is 5.32 Å². The summed E-state index contributed by atoms with van der Waals surface area (Å²) < 4.78 is 25.9. The van der Waals surface area contributed by atoms with E-state index in [0.717, 1.165) is 17.0 Å². The van der Waals surface area contributed by atoms with E-state index in [1.807, 2.05) is 31.2 Å². The molecule has 2 rings (SSSR count). The molecule has 124 valence electrons. The molecular formula is C16H20ClN3O2S. The van der Waals surface area contributed by atoms with Gasteiger partial charge in [0.05, 0.1) is 17.6 Å².